The first-order valence-electron chi connectivity index (χ1n) is 10.3. The number of oxazole rings is 1. The van der Waals surface area contributed by atoms with Crippen LogP contribution in [0.3, 0.4) is 0 Å². The number of alkyl carbamates (subject to hydrolysis) is 1. The number of hydrogen-bond acceptors (Lipinski definition) is 5. The number of alkyl halides is 2. The number of nitrogens with zero attached hydrogens (tertiary/aromatic N) is 1. The van der Waals surface area contributed by atoms with Gasteiger partial charge in [0.2, 0.25) is 11.8 Å². The molecule has 0 bridgehead atoms. The lowest BCUT2D eigenvalue weighted by Gasteiger charge is -2.32. The van der Waals surface area contributed by atoms with Crippen LogP contribution >= 0.6 is 0 Å². The van der Waals surface area contributed by atoms with E-state index < -0.39 is 18.1 Å². The average Bonchev–Trinajstić information content (AvgIpc) is 3.20. The number of carbonyl (C=O) groups is 1. The maximum atomic E-state index is 13.7. The summed E-state index contributed by atoms with van der Waals surface area (Å²) in [5, 5.41) is 12.1. The van der Waals surface area contributed by atoms with Gasteiger partial charge in [-0.3, -0.25) is 0 Å². The zero-order valence-corrected chi connectivity index (χ0v) is 16.9. The van der Waals surface area contributed by atoms with Crippen LogP contribution < -0.4 is 5.32 Å². The molecule has 6 nitrogen and oxygen atoms in total. The molecule has 0 spiro atoms. The highest BCUT2D eigenvalue weighted by atomic mass is 19.3. The van der Waals surface area contributed by atoms with Crippen LogP contribution in [0.4, 0.5) is 13.6 Å². The molecule has 1 aliphatic carbocycles. The Kier molecular flexibility index (Phi) is 6.18. The second-order valence-electron chi connectivity index (χ2n) is 7.89. The summed E-state index contributed by atoms with van der Waals surface area (Å²) in [4.78, 5) is 17.0. The fraction of sp³-hybridized carbons (Fsp3) is 0.391. The Labute approximate surface area is 178 Å². The fourth-order valence-corrected chi connectivity index (χ4v) is 3.89. The van der Waals surface area contributed by atoms with Gasteiger partial charge in [0.1, 0.15) is 18.2 Å². The van der Waals surface area contributed by atoms with E-state index in [2.05, 4.69) is 10.3 Å². The summed E-state index contributed by atoms with van der Waals surface area (Å²) in [5.74, 6) is -2.70. The molecule has 1 atom stereocenters. The number of aromatic nitrogens is 1. The molecule has 164 valence electrons. The van der Waals surface area contributed by atoms with Gasteiger partial charge < -0.3 is 19.6 Å². The number of ether oxygens (including phenoxy) is 1. The van der Waals surface area contributed by atoms with Crippen LogP contribution in [0, 0.1) is 5.92 Å². The number of fused-ring (bicyclic) bond motifs is 1. The smallest absolute Gasteiger partial charge is 0.408 e. The van der Waals surface area contributed by atoms with Gasteiger partial charge in [-0.15, -0.1) is 0 Å². The van der Waals surface area contributed by atoms with Gasteiger partial charge in [0.25, 0.3) is 0 Å². The average molecular weight is 430 g/mol. The lowest BCUT2D eigenvalue weighted by molar-refractivity contribution is -0.0505. The first-order chi connectivity index (χ1) is 14.9. The zero-order chi connectivity index (χ0) is 21.8. The Morgan fingerprint density at radius 3 is 2.65 bits per heavy atom. The predicted molar refractivity (Wildman–Crippen MR) is 109 cm³/mol. The Hall–Kier alpha value is -3.00. The SMILES string of the molecule is O=C(NC(c1nc2cc(CO)ccc2o1)C1CCC(F)(F)CC1)OCc1ccccc1. The van der Waals surface area contributed by atoms with Gasteiger partial charge in [-0.25, -0.2) is 18.6 Å². The lowest BCUT2D eigenvalue weighted by Crippen LogP contribution is -2.37. The van der Waals surface area contributed by atoms with Gasteiger partial charge in [0.05, 0.1) is 6.61 Å². The number of aliphatic hydroxyl groups is 1. The second kappa shape index (κ2) is 9.01. The van der Waals surface area contributed by atoms with Crippen LogP contribution in [0.2, 0.25) is 0 Å². The highest BCUT2D eigenvalue weighted by Gasteiger charge is 2.40. The minimum absolute atomic E-state index is 0.0928. The molecule has 0 saturated heterocycles. The van der Waals surface area contributed by atoms with Crippen LogP contribution in [-0.2, 0) is 18.0 Å². The molecule has 0 radical (unpaired) electrons. The third-order valence-corrected chi connectivity index (χ3v) is 5.64. The first-order valence-corrected chi connectivity index (χ1v) is 10.3. The molecule has 2 N–H and O–H groups in total. The minimum Gasteiger partial charge on any atom is -0.445 e. The van der Waals surface area contributed by atoms with Crippen LogP contribution in [0.1, 0.15) is 48.7 Å². The zero-order valence-electron chi connectivity index (χ0n) is 16.9. The van der Waals surface area contributed by atoms with Crippen LogP contribution in [0.25, 0.3) is 11.1 Å². The number of nitrogens with one attached hydrogen (secondary N) is 1. The van der Waals surface area contributed by atoms with Gasteiger partial charge in [-0.2, -0.15) is 0 Å². The Morgan fingerprint density at radius 1 is 1.19 bits per heavy atom. The molecule has 1 fully saturated rings. The van der Waals surface area contributed by atoms with Crippen LogP contribution in [0.5, 0.6) is 0 Å². The standard InChI is InChI=1S/C23H24F2N2O4/c24-23(25)10-8-17(9-11-23)20(27-22(29)30-14-15-4-2-1-3-5-15)21-26-18-12-16(13-28)6-7-19(18)31-21/h1-7,12,17,20,28H,8-11,13-14H2,(H,27,29). The van der Waals surface area contributed by atoms with Gasteiger partial charge >= 0.3 is 6.09 Å². The molecule has 2 aromatic carbocycles. The second-order valence-corrected chi connectivity index (χ2v) is 7.89. The van der Waals surface area contributed by atoms with Crippen molar-refractivity contribution in [1.82, 2.24) is 10.3 Å². The van der Waals surface area contributed by atoms with E-state index in [0.717, 1.165) is 5.56 Å². The largest absolute Gasteiger partial charge is 0.445 e. The first kappa shape index (κ1) is 21.2. The fourth-order valence-electron chi connectivity index (χ4n) is 3.89. The molecule has 4 rings (SSSR count). The van der Waals surface area contributed by atoms with Gasteiger partial charge in [0, 0.05) is 12.8 Å². The lowest BCUT2D eigenvalue weighted by atomic mass is 9.82. The third kappa shape index (κ3) is 5.19. The minimum atomic E-state index is -2.69. The quantitative estimate of drug-likeness (QED) is 0.568. The molecule has 1 unspecified atom stereocenters. The Bertz CT molecular complexity index is 1030. The summed E-state index contributed by atoms with van der Waals surface area (Å²) in [6.45, 7) is -0.0428. The Morgan fingerprint density at radius 2 is 1.94 bits per heavy atom. The third-order valence-electron chi connectivity index (χ3n) is 5.64. The number of hydrogen-bond donors (Lipinski definition) is 2. The van der Waals surface area contributed by atoms with Crippen molar-refractivity contribution in [2.24, 2.45) is 5.92 Å². The summed E-state index contributed by atoms with van der Waals surface area (Å²) in [7, 11) is 0. The normalized spacial score (nSPS) is 17.4. The number of rotatable bonds is 6. The summed E-state index contributed by atoms with van der Waals surface area (Å²) < 4.78 is 38.6. The molecule has 1 heterocycles. The monoisotopic (exact) mass is 430 g/mol. The van der Waals surface area contributed by atoms with Gasteiger partial charge in [-0.1, -0.05) is 36.4 Å². The van der Waals surface area contributed by atoms with Crippen molar-refractivity contribution in [3.8, 4) is 0 Å². The predicted octanol–water partition coefficient (Wildman–Crippen LogP) is 5.11. The number of benzene rings is 2. The van der Waals surface area contributed by atoms with Crippen molar-refractivity contribution in [3.05, 3.63) is 65.5 Å². The molecule has 1 aromatic heterocycles. The maximum absolute atomic E-state index is 13.7. The van der Waals surface area contributed by atoms with E-state index in [9.17, 15) is 18.7 Å². The number of amides is 1. The van der Waals surface area contributed by atoms with Crippen molar-refractivity contribution >= 4 is 17.2 Å². The maximum Gasteiger partial charge on any atom is 0.408 e. The molecule has 0 aliphatic heterocycles. The van der Waals surface area contributed by atoms with Crippen molar-refractivity contribution in [2.75, 3.05) is 0 Å². The topological polar surface area (TPSA) is 84.6 Å². The van der Waals surface area contributed by atoms with Crippen molar-refractivity contribution in [2.45, 2.75) is 50.9 Å². The van der Waals surface area contributed by atoms with Crippen LogP contribution in [-0.4, -0.2) is 22.1 Å². The van der Waals surface area contributed by atoms with Crippen LogP contribution in [0.15, 0.2) is 52.9 Å². The number of halogens is 2. The summed E-state index contributed by atoms with van der Waals surface area (Å²) in [6.07, 6.45) is -0.688. The van der Waals surface area contributed by atoms with Crippen molar-refractivity contribution < 1.29 is 27.8 Å². The highest BCUT2D eigenvalue weighted by Crippen LogP contribution is 2.41. The number of aliphatic hydroxyl groups excluding tert-OH is 1. The molecular formula is C23H24F2N2O4. The van der Waals surface area contributed by atoms with E-state index in [1.807, 2.05) is 30.3 Å². The molecule has 3 aromatic rings. The van der Waals surface area contributed by atoms with Gasteiger partial charge in [0.15, 0.2) is 5.58 Å². The Balaban J connectivity index is 1.53. The van der Waals surface area contributed by atoms with Crippen molar-refractivity contribution in [1.29, 1.82) is 0 Å². The van der Waals surface area contributed by atoms with E-state index in [1.54, 1.807) is 18.2 Å². The van der Waals surface area contributed by atoms with E-state index in [4.69, 9.17) is 9.15 Å². The summed E-state index contributed by atoms with van der Waals surface area (Å²) in [5.41, 5.74) is 2.55. The molecule has 1 amide bonds. The molecule has 8 heteroatoms. The van der Waals surface area contributed by atoms with E-state index in [0.29, 0.717) is 16.7 Å². The van der Waals surface area contributed by atoms with E-state index in [1.165, 1.54) is 0 Å². The number of carbonyl (C=O) groups excluding carboxylic acids is 1. The van der Waals surface area contributed by atoms with E-state index in [-0.39, 0.29) is 50.7 Å². The van der Waals surface area contributed by atoms with E-state index >= 15 is 0 Å². The summed E-state index contributed by atoms with van der Waals surface area (Å²) >= 11 is 0. The molecule has 31 heavy (non-hydrogen) atoms. The highest BCUT2D eigenvalue weighted by molar-refractivity contribution is 5.74. The van der Waals surface area contributed by atoms with Crippen molar-refractivity contribution in [3.63, 3.8) is 0 Å². The molecule has 1 aliphatic rings. The van der Waals surface area contributed by atoms with Gasteiger partial charge in [-0.05, 0) is 42.0 Å². The summed E-state index contributed by atoms with van der Waals surface area (Å²) in [6, 6.07) is 13.7. The molecular weight excluding hydrogens is 406 g/mol. The molecule has 1 saturated carbocycles.